The molecule has 0 bridgehead atoms. The van der Waals surface area contributed by atoms with Gasteiger partial charge in [-0.05, 0) is 19.1 Å². The Bertz CT molecular complexity index is 607. The second-order valence-electron chi connectivity index (χ2n) is 4.24. The van der Waals surface area contributed by atoms with Crippen molar-refractivity contribution in [3.63, 3.8) is 0 Å². The molecule has 0 saturated carbocycles. The standard InChI is InChI=1S/C10H14N3O5P/c1-6-7(2-3-9(18-6)19(15,16)17)13-5-4-8(11)12-10(13)14/h2-7,9H,1H3,(H2,11,12,14)(H2,15,16,17)/t6-,7-,9+/m0/s1. The summed E-state index contributed by atoms with van der Waals surface area (Å²) < 4.78 is 17.6. The molecular formula is C10H14N3O5P. The van der Waals surface area contributed by atoms with Crippen LogP contribution in [0.5, 0.6) is 0 Å². The van der Waals surface area contributed by atoms with Gasteiger partial charge in [0.05, 0.1) is 12.1 Å². The Morgan fingerprint density at radius 3 is 2.68 bits per heavy atom. The van der Waals surface area contributed by atoms with E-state index in [1.807, 2.05) is 0 Å². The van der Waals surface area contributed by atoms with Crippen molar-refractivity contribution < 1.29 is 19.1 Å². The minimum Gasteiger partial charge on any atom is -0.383 e. The molecular weight excluding hydrogens is 273 g/mol. The summed E-state index contributed by atoms with van der Waals surface area (Å²) in [6.45, 7) is 1.62. The van der Waals surface area contributed by atoms with Crippen molar-refractivity contribution in [2.45, 2.75) is 24.9 Å². The molecule has 19 heavy (non-hydrogen) atoms. The van der Waals surface area contributed by atoms with Crippen molar-refractivity contribution in [1.82, 2.24) is 9.55 Å². The summed E-state index contributed by atoms with van der Waals surface area (Å²) in [5.41, 5.74) is 4.85. The number of aromatic nitrogens is 2. The fraction of sp³-hybridized carbons (Fsp3) is 0.400. The third-order valence-electron chi connectivity index (χ3n) is 2.81. The van der Waals surface area contributed by atoms with Crippen molar-refractivity contribution in [3.8, 4) is 0 Å². The molecule has 1 aromatic heterocycles. The Morgan fingerprint density at radius 1 is 1.47 bits per heavy atom. The zero-order chi connectivity index (χ0) is 14.2. The molecule has 2 heterocycles. The summed E-state index contributed by atoms with van der Waals surface area (Å²) in [5.74, 6) is -1.17. The molecule has 8 nitrogen and oxygen atoms in total. The summed E-state index contributed by atoms with van der Waals surface area (Å²) in [7, 11) is -4.35. The lowest BCUT2D eigenvalue weighted by Crippen LogP contribution is -2.36. The molecule has 0 radical (unpaired) electrons. The number of ether oxygens (including phenoxy) is 1. The molecule has 0 fully saturated rings. The molecule has 104 valence electrons. The van der Waals surface area contributed by atoms with Crippen LogP contribution in [-0.2, 0) is 9.30 Å². The van der Waals surface area contributed by atoms with Gasteiger partial charge in [-0.1, -0.05) is 6.08 Å². The van der Waals surface area contributed by atoms with Crippen LogP contribution in [0.1, 0.15) is 13.0 Å². The van der Waals surface area contributed by atoms with Gasteiger partial charge in [-0.15, -0.1) is 0 Å². The number of rotatable bonds is 2. The predicted octanol–water partition coefficient (Wildman–Crippen LogP) is -0.155. The maximum atomic E-state index is 11.7. The highest BCUT2D eigenvalue weighted by molar-refractivity contribution is 7.52. The van der Waals surface area contributed by atoms with Crippen LogP contribution in [0.4, 0.5) is 5.82 Å². The van der Waals surface area contributed by atoms with E-state index in [2.05, 4.69) is 4.98 Å². The zero-order valence-electron chi connectivity index (χ0n) is 10.1. The van der Waals surface area contributed by atoms with E-state index < -0.39 is 31.3 Å². The smallest absolute Gasteiger partial charge is 0.357 e. The van der Waals surface area contributed by atoms with Gasteiger partial charge in [0.15, 0.2) is 5.85 Å². The molecule has 9 heteroatoms. The Morgan fingerprint density at radius 2 is 2.16 bits per heavy atom. The van der Waals surface area contributed by atoms with Crippen molar-refractivity contribution >= 4 is 13.4 Å². The van der Waals surface area contributed by atoms with E-state index in [0.29, 0.717) is 0 Å². The van der Waals surface area contributed by atoms with Crippen LogP contribution < -0.4 is 11.4 Å². The van der Waals surface area contributed by atoms with Gasteiger partial charge >= 0.3 is 13.3 Å². The first-order valence-electron chi connectivity index (χ1n) is 5.52. The van der Waals surface area contributed by atoms with Crippen molar-refractivity contribution in [2.75, 3.05) is 5.73 Å². The average Bonchev–Trinajstić information content (AvgIpc) is 2.28. The van der Waals surface area contributed by atoms with Crippen LogP contribution in [0.25, 0.3) is 0 Å². The van der Waals surface area contributed by atoms with E-state index >= 15 is 0 Å². The Labute approximate surface area is 108 Å². The first-order chi connectivity index (χ1) is 8.79. The van der Waals surface area contributed by atoms with Crippen molar-refractivity contribution in [3.05, 3.63) is 34.9 Å². The summed E-state index contributed by atoms with van der Waals surface area (Å²) in [6, 6.07) is 0.986. The lowest BCUT2D eigenvalue weighted by atomic mass is 10.1. The quantitative estimate of drug-likeness (QED) is 0.509. The lowest BCUT2D eigenvalue weighted by molar-refractivity contribution is 0.0174. The normalized spacial score (nSPS) is 27.4. The molecule has 3 atom stereocenters. The van der Waals surface area contributed by atoms with Gasteiger partial charge < -0.3 is 20.3 Å². The lowest BCUT2D eigenvalue weighted by Gasteiger charge is -2.31. The van der Waals surface area contributed by atoms with Gasteiger partial charge in [0.25, 0.3) is 0 Å². The SMILES string of the molecule is C[C@@H]1O[C@H](P(=O)(O)O)C=C[C@@H]1n1ccc(N)nc1=O. The van der Waals surface area contributed by atoms with Crippen LogP contribution >= 0.6 is 7.60 Å². The van der Waals surface area contributed by atoms with E-state index in [-0.39, 0.29) is 5.82 Å². The molecule has 0 unspecified atom stereocenters. The largest absolute Gasteiger partial charge is 0.383 e. The van der Waals surface area contributed by atoms with Crippen LogP contribution in [0.3, 0.4) is 0 Å². The summed E-state index contributed by atoms with van der Waals surface area (Å²) in [5, 5.41) is 0. The third kappa shape index (κ3) is 2.93. The number of nitrogens with two attached hydrogens (primary N) is 1. The molecule has 4 N–H and O–H groups in total. The number of nitrogens with zero attached hydrogens (tertiary/aromatic N) is 2. The average molecular weight is 287 g/mol. The zero-order valence-corrected chi connectivity index (χ0v) is 11.0. The van der Waals surface area contributed by atoms with Crippen LogP contribution in [0.15, 0.2) is 29.2 Å². The number of hydrogen-bond acceptors (Lipinski definition) is 5. The first kappa shape index (κ1) is 14.0. The fourth-order valence-electron chi connectivity index (χ4n) is 1.87. The second kappa shape index (κ2) is 4.90. The van der Waals surface area contributed by atoms with Crippen molar-refractivity contribution in [2.24, 2.45) is 0 Å². The Kier molecular flexibility index (Phi) is 3.60. The van der Waals surface area contributed by atoms with Crippen LogP contribution in [0, 0.1) is 0 Å². The predicted molar refractivity (Wildman–Crippen MR) is 67.5 cm³/mol. The summed E-state index contributed by atoms with van der Waals surface area (Å²) >= 11 is 0. The molecule has 1 aliphatic rings. The van der Waals surface area contributed by atoms with Crippen LogP contribution in [-0.4, -0.2) is 31.3 Å². The summed E-state index contributed by atoms with van der Waals surface area (Å²) in [4.78, 5) is 33.4. The first-order valence-corrected chi connectivity index (χ1v) is 7.21. The van der Waals surface area contributed by atoms with E-state index in [0.717, 1.165) is 0 Å². The minimum atomic E-state index is -4.35. The van der Waals surface area contributed by atoms with Gasteiger partial charge in [0, 0.05) is 6.20 Å². The highest BCUT2D eigenvalue weighted by Gasteiger charge is 2.35. The van der Waals surface area contributed by atoms with Crippen LogP contribution in [0.2, 0.25) is 0 Å². The van der Waals surface area contributed by atoms with E-state index in [1.54, 1.807) is 6.92 Å². The number of nitrogen functional groups attached to an aromatic ring is 1. The van der Waals surface area contributed by atoms with Gasteiger partial charge in [-0.2, -0.15) is 4.98 Å². The topological polar surface area (TPSA) is 128 Å². The molecule has 0 amide bonds. The molecule has 1 aliphatic heterocycles. The molecule has 0 aromatic carbocycles. The fourth-order valence-corrected chi connectivity index (χ4v) is 2.55. The van der Waals surface area contributed by atoms with Gasteiger partial charge in [0.1, 0.15) is 5.82 Å². The number of hydrogen-bond donors (Lipinski definition) is 3. The maximum Gasteiger partial charge on any atom is 0.357 e. The highest BCUT2D eigenvalue weighted by Crippen LogP contribution is 2.45. The van der Waals surface area contributed by atoms with Crippen molar-refractivity contribution in [1.29, 1.82) is 0 Å². The number of anilines is 1. The van der Waals surface area contributed by atoms with E-state index in [9.17, 15) is 9.36 Å². The van der Waals surface area contributed by atoms with E-state index in [4.69, 9.17) is 20.3 Å². The summed E-state index contributed by atoms with van der Waals surface area (Å²) in [6.07, 6.45) is 3.67. The molecule has 2 rings (SSSR count). The van der Waals surface area contributed by atoms with E-state index in [1.165, 1.54) is 29.0 Å². The minimum absolute atomic E-state index is 0.114. The second-order valence-corrected chi connectivity index (χ2v) is 5.93. The van der Waals surface area contributed by atoms with Gasteiger partial charge in [-0.3, -0.25) is 9.13 Å². The monoisotopic (exact) mass is 287 g/mol. The molecule has 1 aromatic rings. The van der Waals surface area contributed by atoms with Gasteiger partial charge in [0.2, 0.25) is 0 Å². The Hall–Kier alpha value is -1.47. The molecule has 0 aliphatic carbocycles. The Balaban J connectivity index is 2.33. The maximum absolute atomic E-state index is 11.7. The third-order valence-corrected chi connectivity index (χ3v) is 3.77. The molecule has 0 saturated heterocycles. The molecule has 0 spiro atoms. The highest BCUT2D eigenvalue weighted by atomic mass is 31.2. The van der Waals surface area contributed by atoms with Gasteiger partial charge in [-0.25, -0.2) is 4.79 Å².